The predicted octanol–water partition coefficient (Wildman–Crippen LogP) is -0.166. The number of rotatable bonds is 8. The molecule has 0 amide bonds. The normalized spacial score (nSPS) is 10.2. The second-order valence-corrected chi connectivity index (χ2v) is 5.69. The molecule has 8 heteroatoms. The van der Waals surface area contributed by atoms with Crippen molar-refractivity contribution in [1.29, 1.82) is 0 Å². The quantitative estimate of drug-likeness (QED) is 0.258. The van der Waals surface area contributed by atoms with Gasteiger partial charge in [-0.25, -0.2) is 0 Å². The molecular formula is C13H15FIN2O4-. The van der Waals surface area contributed by atoms with E-state index < -0.39 is 26.7 Å². The molecule has 0 aromatic heterocycles. The van der Waals surface area contributed by atoms with E-state index in [1.54, 1.807) is 6.92 Å². The zero-order chi connectivity index (χ0) is 16.0. The van der Waals surface area contributed by atoms with E-state index in [0.717, 1.165) is 0 Å². The topological polar surface area (TPSA) is 72.7 Å². The molecule has 0 aliphatic carbocycles. The Morgan fingerprint density at radius 3 is 2.71 bits per heavy atom. The van der Waals surface area contributed by atoms with Crippen molar-refractivity contribution in [3.05, 3.63) is 38.6 Å². The molecule has 0 fully saturated rings. The van der Waals surface area contributed by atoms with Crippen molar-refractivity contribution in [3.8, 4) is 5.75 Å². The van der Waals surface area contributed by atoms with Gasteiger partial charge in [0.2, 0.25) is 0 Å². The van der Waals surface area contributed by atoms with Crippen molar-refractivity contribution in [2.24, 2.45) is 0 Å². The van der Waals surface area contributed by atoms with E-state index in [-0.39, 0.29) is 27.5 Å². The van der Waals surface area contributed by atoms with Gasteiger partial charge in [-0.1, -0.05) is 0 Å². The number of ketones is 1. The van der Waals surface area contributed by atoms with Gasteiger partial charge in [-0.05, 0) is 0 Å². The van der Waals surface area contributed by atoms with Gasteiger partial charge in [0.05, 0.1) is 0 Å². The van der Waals surface area contributed by atoms with Crippen LogP contribution in [0.3, 0.4) is 0 Å². The summed E-state index contributed by atoms with van der Waals surface area (Å²) in [5.74, 6) is 0.112. The Hall–Kier alpha value is -1.71. The van der Waals surface area contributed by atoms with E-state index in [9.17, 15) is 17.8 Å². The molecule has 21 heavy (non-hydrogen) atoms. The van der Waals surface area contributed by atoms with Crippen molar-refractivity contribution in [2.75, 3.05) is 18.6 Å². The van der Waals surface area contributed by atoms with E-state index in [1.165, 1.54) is 30.2 Å². The number of hydrogen-bond donors (Lipinski definition) is 0. The van der Waals surface area contributed by atoms with Crippen LogP contribution in [0.25, 0.3) is 0 Å². The number of carbonyl (C=O) groups excluding carboxylic acids is 1. The molecule has 1 aromatic carbocycles. The van der Waals surface area contributed by atoms with Crippen LogP contribution in [-0.4, -0.2) is 24.4 Å². The molecule has 0 heterocycles. The Labute approximate surface area is 132 Å². The maximum atomic E-state index is 13.0. The number of hydrogen-bond acceptors (Lipinski definition) is 5. The van der Waals surface area contributed by atoms with Gasteiger partial charge in [-0.3, -0.25) is 0 Å². The molecule has 116 valence electrons. The number of nitrogens with zero attached hydrogens (tertiary/aromatic N) is 2. The standard InChI is InChI=1S/C13H15FIN2O4/c1-4-11(18)8-16(9(2)15-14)12-6-5-10(17(19)20)7-13(12)21-3/h5-7H,2,4,8H2,1,3H3/q-1. The number of non-ortho nitro benzene ring substituents is 1. The molecule has 1 rings (SSSR count). The van der Waals surface area contributed by atoms with Crippen LogP contribution in [0.4, 0.5) is 14.2 Å². The van der Waals surface area contributed by atoms with Gasteiger partial charge >= 0.3 is 132 Å². The Morgan fingerprint density at radius 1 is 1.57 bits per heavy atom. The summed E-state index contributed by atoms with van der Waals surface area (Å²) in [6.07, 6.45) is 0.309. The van der Waals surface area contributed by atoms with Crippen molar-refractivity contribution in [3.63, 3.8) is 0 Å². The number of ether oxygens (including phenoxy) is 1. The molecule has 1 aromatic rings. The van der Waals surface area contributed by atoms with E-state index in [2.05, 4.69) is 6.58 Å². The van der Waals surface area contributed by atoms with Crippen LogP contribution < -0.4 is 31.4 Å². The summed E-state index contributed by atoms with van der Waals surface area (Å²) in [5.41, 5.74) is 0.255. The van der Waals surface area contributed by atoms with Crippen LogP contribution in [0, 0.1) is 10.1 Å². The number of anilines is 1. The fourth-order valence-corrected chi connectivity index (χ4v) is 2.28. The van der Waals surface area contributed by atoms with Crippen LogP contribution >= 0.6 is 0 Å². The van der Waals surface area contributed by atoms with Crippen molar-refractivity contribution < 1.29 is 39.1 Å². The second-order valence-electron chi connectivity index (χ2n) is 4.04. The minimum absolute atomic E-state index is 0.0346. The molecule has 0 saturated carbocycles. The van der Waals surface area contributed by atoms with Gasteiger partial charge in [-0.15, -0.1) is 0 Å². The predicted molar refractivity (Wildman–Crippen MR) is 72.5 cm³/mol. The zero-order valence-corrected chi connectivity index (χ0v) is 13.8. The monoisotopic (exact) mass is 409 g/mol. The summed E-state index contributed by atoms with van der Waals surface area (Å²) in [4.78, 5) is 23.3. The van der Waals surface area contributed by atoms with Gasteiger partial charge in [-0.2, -0.15) is 0 Å². The van der Waals surface area contributed by atoms with Gasteiger partial charge in [0.1, 0.15) is 0 Å². The van der Waals surface area contributed by atoms with Gasteiger partial charge in [0.15, 0.2) is 0 Å². The summed E-state index contributed by atoms with van der Waals surface area (Å²) in [5, 5.41) is 10.8. The van der Waals surface area contributed by atoms with E-state index in [1.807, 2.05) is 0 Å². The van der Waals surface area contributed by atoms with Crippen LogP contribution in [0.1, 0.15) is 13.3 Å². The molecule has 0 saturated heterocycles. The molecule has 6 nitrogen and oxygen atoms in total. The third kappa shape index (κ3) is 4.38. The average molecular weight is 409 g/mol. The van der Waals surface area contributed by atoms with Crippen LogP contribution in [0.15, 0.2) is 28.5 Å². The number of nitro benzene ring substituents is 1. The third-order valence-corrected chi connectivity index (χ3v) is 3.82. The summed E-state index contributed by atoms with van der Waals surface area (Å²) >= 11 is -1.81. The molecule has 0 aliphatic heterocycles. The maximum absolute atomic E-state index is 13.0. The van der Waals surface area contributed by atoms with E-state index >= 15 is 0 Å². The minimum atomic E-state index is -1.81. The van der Waals surface area contributed by atoms with Crippen molar-refractivity contribution >= 4 is 17.2 Å². The molecule has 0 spiro atoms. The number of halogens is 2. The summed E-state index contributed by atoms with van der Waals surface area (Å²) in [6.45, 7) is 5.30. The Morgan fingerprint density at radius 2 is 2.24 bits per heavy atom. The third-order valence-electron chi connectivity index (χ3n) is 2.77. The second kappa shape index (κ2) is 7.91. The first-order chi connectivity index (χ1) is 9.94. The van der Waals surface area contributed by atoms with Crippen LogP contribution in [0.2, 0.25) is 0 Å². The average Bonchev–Trinajstić information content (AvgIpc) is 2.50. The van der Waals surface area contributed by atoms with Gasteiger partial charge < -0.3 is 0 Å². The van der Waals surface area contributed by atoms with Crippen molar-refractivity contribution in [2.45, 2.75) is 13.3 Å². The number of benzene rings is 1. The Bertz CT molecular complexity index is 565. The molecule has 0 N–H and O–H groups in total. The Balaban J connectivity index is 3.26. The summed E-state index contributed by atoms with van der Waals surface area (Å²) in [7, 11) is 1.36. The number of methoxy groups -OCH3 is 1. The first kappa shape index (κ1) is 17.3. The van der Waals surface area contributed by atoms with Crippen LogP contribution in [0.5, 0.6) is 5.75 Å². The number of carbonyl (C=O) groups is 1. The molecule has 0 unspecified atom stereocenters. The molecular weight excluding hydrogens is 394 g/mol. The molecule has 0 atom stereocenters. The van der Waals surface area contributed by atoms with Gasteiger partial charge in [0.25, 0.3) is 0 Å². The number of nitro groups is 1. The van der Waals surface area contributed by atoms with Crippen molar-refractivity contribution in [1.82, 2.24) is 0 Å². The fourth-order valence-electron chi connectivity index (χ4n) is 1.63. The Kier molecular flexibility index (Phi) is 6.53. The molecule has 0 aliphatic rings. The summed E-state index contributed by atoms with van der Waals surface area (Å²) < 4.78 is 18.3. The summed E-state index contributed by atoms with van der Waals surface area (Å²) in [6, 6.07) is 3.96. The molecule has 0 radical (unpaired) electrons. The zero-order valence-electron chi connectivity index (χ0n) is 11.6. The van der Waals surface area contributed by atoms with Gasteiger partial charge in [0, 0.05) is 0 Å². The first-order valence-corrected chi connectivity index (χ1v) is 7.90. The first-order valence-electron chi connectivity index (χ1n) is 6.01. The SMILES string of the molecule is C=C([I-]F)N(CC(=O)CC)c1ccc([N+](=O)[O-])cc1OC. The fraction of sp³-hybridized carbons (Fsp3) is 0.308. The van der Waals surface area contributed by atoms with Crippen LogP contribution in [-0.2, 0) is 4.79 Å². The van der Waals surface area contributed by atoms with E-state index in [4.69, 9.17) is 4.74 Å². The van der Waals surface area contributed by atoms with E-state index in [0.29, 0.717) is 12.1 Å². The number of Topliss-reactive ketones (excluding diaryl/α,β-unsaturated/α-hetero) is 1. The molecule has 0 bridgehead atoms.